The number of nitrogens with one attached hydrogen (secondary N) is 1. The number of hydrogen-bond donors (Lipinski definition) is 1. The third kappa shape index (κ3) is 6.32. The molecule has 1 aromatic carbocycles. The van der Waals surface area contributed by atoms with Gasteiger partial charge in [-0.1, -0.05) is 38.8 Å². The third-order valence-electron chi connectivity index (χ3n) is 2.70. The lowest BCUT2D eigenvalue weighted by molar-refractivity contribution is 0.306. The number of rotatable bonds is 9. The van der Waals surface area contributed by atoms with Gasteiger partial charge in [-0.05, 0) is 37.1 Å². The second-order valence-corrected chi connectivity index (χ2v) is 4.38. The van der Waals surface area contributed by atoms with Gasteiger partial charge < -0.3 is 10.1 Å². The Kier molecular flexibility index (Phi) is 7.48. The molecule has 1 aromatic rings. The van der Waals surface area contributed by atoms with E-state index in [-0.39, 0.29) is 0 Å². The highest BCUT2D eigenvalue weighted by Crippen LogP contribution is 2.12. The van der Waals surface area contributed by atoms with Crippen LogP contribution in [0.25, 0.3) is 0 Å². The average molecular weight is 235 g/mol. The van der Waals surface area contributed by atoms with E-state index in [0.29, 0.717) is 0 Å². The van der Waals surface area contributed by atoms with Crippen LogP contribution < -0.4 is 10.1 Å². The highest BCUT2D eigenvalue weighted by atomic mass is 16.5. The first kappa shape index (κ1) is 14.0. The summed E-state index contributed by atoms with van der Waals surface area (Å²) < 4.78 is 5.67. The minimum atomic E-state index is 0.835. The first-order chi connectivity index (χ1) is 8.36. The molecule has 0 saturated carbocycles. The van der Waals surface area contributed by atoms with Crippen LogP contribution in [-0.4, -0.2) is 13.2 Å². The summed E-state index contributed by atoms with van der Waals surface area (Å²) in [5.74, 6) is 0.986. The molecule has 0 saturated heterocycles. The van der Waals surface area contributed by atoms with Gasteiger partial charge >= 0.3 is 0 Å². The van der Waals surface area contributed by atoms with Crippen LogP contribution in [0, 0.1) is 0 Å². The Labute approximate surface area is 105 Å². The maximum Gasteiger partial charge on any atom is 0.119 e. The normalized spacial score (nSPS) is 10.5. The number of unbranched alkanes of at least 4 members (excludes halogenated alkanes) is 2. The Morgan fingerprint density at radius 3 is 2.41 bits per heavy atom. The fourth-order valence-electron chi connectivity index (χ4n) is 1.66. The molecule has 0 aliphatic carbocycles. The lowest BCUT2D eigenvalue weighted by Crippen LogP contribution is -2.13. The van der Waals surface area contributed by atoms with E-state index in [2.05, 4.69) is 43.4 Å². The van der Waals surface area contributed by atoms with E-state index in [9.17, 15) is 0 Å². The van der Waals surface area contributed by atoms with Gasteiger partial charge in [0.05, 0.1) is 6.61 Å². The minimum Gasteiger partial charge on any atom is -0.494 e. The lowest BCUT2D eigenvalue weighted by Gasteiger charge is -2.07. The largest absolute Gasteiger partial charge is 0.494 e. The molecule has 2 heteroatoms. The van der Waals surface area contributed by atoms with Crippen molar-refractivity contribution in [3.63, 3.8) is 0 Å². The van der Waals surface area contributed by atoms with Gasteiger partial charge in [-0.25, -0.2) is 0 Å². The fourth-order valence-corrected chi connectivity index (χ4v) is 1.66. The SMILES string of the molecule is CCCCCOc1ccc(CNCCC)cc1. The Morgan fingerprint density at radius 2 is 1.76 bits per heavy atom. The van der Waals surface area contributed by atoms with E-state index in [1.165, 1.54) is 24.8 Å². The zero-order valence-electron chi connectivity index (χ0n) is 11.2. The van der Waals surface area contributed by atoms with Crippen molar-refractivity contribution < 1.29 is 4.74 Å². The van der Waals surface area contributed by atoms with Crippen molar-refractivity contribution in [3.05, 3.63) is 29.8 Å². The highest BCUT2D eigenvalue weighted by molar-refractivity contribution is 5.27. The maximum atomic E-state index is 5.67. The van der Waals surface area contributed by atoms with Crippen LogP contribution in [0.1, 0.15) is 45.1 Å². The summed E-state index contributed by atoms with van der Waals surface area (Å²) >= 11 is 0. The van der Waals surface area contributed by atoms with E-state index in [0.717, 1.165) is 31.9 Å². The van der Waals surface area contributed by atoms with Crippen molar-refractivity contribution in [1.82, 2.24) is 5.32 Å². The van der Waals surface area contributed by atoms with E-state index >= 15 is 0 Å². The van der Waals surface area contributed by atoms with Crippen molar-refractivity contribution in [2.24, 2.45) is 0 Å². The van der Waals surface area contributed by atoms with Crippen molar-refractivity contribution in [2.45, 2.75) is 46.1 Å². The van der Waals surface area contributed by atoms with Crippen LogP contribution in [0.3, 0.4) is 0 Å². The summed E-state index contributed by atoms with van der Waals surface area (Å²) in [5, 5.41) is 3.39. The smallest absolute Gasteiger partial charge is 0.119 e. The number of benzene rings is 1. The quantitative estimate of drug-likeness (QED) is 0.658. The van der Waals surface area contributed by atoms with E-state index < -0.39 is 0 Å². The predicted molar refractivity (Wildman–Crippen MR) is 73.5 cm³/mol. The van der Waals surface area contributed by atoms with Gasteiger partial charge in [0, 0.05) is 6.54 Å². The zero-order chi connectivity index (χ0) is 12.3. The van der Waals surface area contributed by atoms with Crippen molar-refractivity contribution >= 4 is 0 Å². The summed E-state index contributed by atoms with van der Waals surface area (Å²) in [4.78, 5) is 0. The van der Waals surface area contributed by atoms with Crippen molar-refractivity contribution in [3.8, 4) is 5.75 Å². The zero-order valence-corrected chi connectivity index (χ0v) is 11.2. The molecule has 0 aliphatic rings. The van der Waals surface area contributed by atoms with Gasteiger partial charge in [0.15, 0.2) is 0 Å². The van der Waals surface area contributed by atoms with Gasteiger partial charge in [-0.2, -0.15) is 0 Å². The molecule has 0 heterocycles. The maximum absolute atomic E-state index is 5.67. The Morgan fingerprint density at radius 1 is 1.00 bits per heavy atom. The molecule has 0 aliphatic heterocycles. The van der Waals surface area contributed by atoms with E-state index in [1.54, 1.807) is 0 Å². The number of hydrogen-bond acceptors (Lipinski definition) is 2. The molecule has 0 fully saturated rings. The Balaban J connectivity index is 2.24. The minimum absolute atomic E-state index is 0.835. The monoisotopic (exact) mass is 235 g/mol. The first-order valence-corrected chi connectivity index (χ1v) is 6.79. The molecular formula is C15H25NO. The third-order valence-corrected chi connectivity index (χ3v) is 2.70. The molecule has 96 valence electrons. The Bertz CT molecular complexity index is 281. The second-order valence-electron chi connectivity index (χ2n) is 4.38. The predicted octanol–water partition coefficient (Wildman–Crippen LogP) is 3.76. The summed E-state index contributed by atoms with van der Waals surface area (Å²) in [6.07, 6.45) is 4.82. The molecule has 0 atom stereocenters. The molecule has 0 spiro atoms. The molecule has 1 N–H and O–H groups in total. The van der Waals surface area contributed by atoms with Gasteiger partial charge in [0.2, 0.25) is 0 Å². The molecular weight excluding hydrogens is 210 g/mol. The fraction of sp³-hybridized carbons (Fsp3) is 0.600. The molecule has 0 aromatic heterocycles. The highest BCUT2D eigenvalue weighted by Gasteiger charge is 1.95. The van der Waals surface area contributed by atoms with Gasteiger partial charge in [-0.15, -0.1) is 0 Å². The summed E-state index contributed by atoms with van der Waals surface area (Å²) in [7, 11) is 0. The van der Waals surface area contributed by atoms with E-state index in [4.69, 9.17) is 4.74 Å². The van der Waals surface area contributed by atoms with Crippen LogP contribution in [0.5, 0.6) is 5.75 Å². The van der Waals surface area contributed by atoms with E-state index in [1.807, 2.05) is 0 Å². The standard InChI is InChI=1S/C15H25NO/c1-3-5-6-12-17-15-9-7-14(8-10-15)13-16-11-4-2/h7-10,16H,3-6,11-13H2,1-2H3. The topological polar surface area (TPSA) is 21.3 Å². The molecule has 0 bridgehead atoms. The molecule has 2 nitrogen and oxygen atoms in total. The molecule has 1 rings (SSSR count). The van der Waals surface area contributed by atoms with Crippen molar-refractivity contribution in [1.29, 1.82) is 0 Å². The van der Waals surface area contributed by atoms with Crippen molar-refractivity contribution in [2.75, 3.05) is 13.2 Å². The van der Waals surface area contributed by atoms with Crippen LogP contribution in [0.2, 0.25) is 0 Å². The van der Waals surface area contributed by atoms with Crippen LogP contribution in [0.15, 0.2) is 24.3 Å². The van der Waals surface area contributed by atoms with Gasteiger partial charge in [0.25, 0.3) is 0 Å². The Hall–Kier alpha value is -1.02. The molecule has 0 amide bonds. The van der Waals surface area contributed by atoms with Crippen LogP contribution in [-0.2, 0) is 6.54 Å². The van der Waals surface area contributed by atoms with Crippen LogP contribution in [0.4, 0.5) is 0 Å². The lowest BCUT2D eigenvalue weighted by atomic mass is 10.2. The average Bonchev–Trinajstić information content (AvgIpc) is 2.37. The summed E-state index contributed by atoms with van der Waals surface area (Å²) in [6, 6.07) is 8.40. The molecule has 17 heavy (non-hydrogen) atoms. The van der Waals surface area contributed by atoms with Gasteiger partial charge in [-0.3, -0.25) is 0 Å². The first-order valence-electron chi connectivity index (χ1n) is 6.79. The molecule has 0 unspecified atom stereocenters. The number of ether oxygens (including phenoxy) is 1. The van der Waals surface area contributed by atoms with Crippen LogP contribution >= 0.6 is 0 Å². The summed E-state index contributed by atoms with van der Waals surface area (Å²) in [5.41, 5.74) is 1.32. The summed E-state index contributed by atoms with van der Waals surface area (Å²) in [6.45, 7) is 7.25. The second kappa shape index (κ2) is 9.06. The van der Waals surface area contributed by atoms with Gasteiger partial charge in [0.1, 0.15) is 5.75 Å². The molecule has 0 radical (unpaired) electrons.